The van der Waals surface area contributed by atoms with Gasteiger partial charge in [-0.25, -0.2) is 0 Å². The zero-order valence-electron chi connectivity index (χ0n) is 5.98. The zero-order valence-corrected chi connectivity index (χ0v) is 6.79. The van der Waals surface area contributed by atoms with E-state index in [2.05, 4.69) is 20.8 Å². The second kappa shape index (κ2) is 4.25. The standard InChI is InChI=1S/C7H15S/c1-6(2)4-5-7(3)8/h6-7H,4-5H2,1-3H3. The van der Waals surface area contributed by atoms with Crippen LogP contribution in [0.15, 0.2) is 0 Å². The van der Waals surface area contributed by atoms with Crippen molar-refractivity contribution in [3.63, 3.8) is 0 Å². The third kappa shape index (κ3) is 6.35. The summed E-state index contributed by atoms with van der Waals surface area (Å²) in [4.78, 5) is 0. The summed E-state index contributed by atoms with van der Waals surface area (Å²) in [5.74, 6) is 0.820. The lowest BCUT2D eigenvalue weighted by Gasteiger charge is -2.04. The van der Waals surface area contributed by atoms with E-state index in [0.717, 1.165) is 5.92 Å². The molecule has 0 aliphatic carbocycles. The average molecular weight is 131 g/mol. The monoisotopic (exact) mass is 131 g/mol. The topological polar surface area (TPSA) is 0 Å². The molecular weight excluding hydrogens is 116 g/mol. The van der Waals surface area contributed by atoms with Gasteiger partial charge in [-0.1, -0.05) is 33.4 Å². The predicted molar refractivity (Wildman–Crippen MR) is 41.1 cm³/mol. The van der Waals surface area contributed by atoms with Crippen LogP contribution in [0, 0.1) is 5.92 Å². The minimum absolute atomic E-state index is 0.470. The van der Waals surface area contributed by atoms with Crippen LogP contribution in [0.5, 0.6) is 0 Å². The van der Waals surface area contributed by atoms with Gasteiger partial charge in [-0.2, -0.15) is 0 Å². The van der Waals surface area contributed by atoms with Gasteiger partial charge in [-0.05, 0) is 18.8 Å². The summed E-state index contributed by atoms with van der Waals surface area (Å²) >= 11 is 5.00. The van der Waals surface area contributed by atoms with Crippen LogP contribution in [0.1, 0.15) is 33.6 Å². The Hall–Kier alpha value is 0.350. The van der Waals surface area contributed by atoms with Crippen molar-refractivity contribution in [2.24, 2.45) is 5.92 Å². The van der Waals surface area contributed by atoms with E-state index < -0.39 is 0 Å². The van der Waals surface area contributed by atoms with E-state index in [4.69, 9.17) is 12.6 Å². The van der Waals surface area contributed by atoms with Gasteiger partial charge in [-0.3, -0.25) is 0 Å². The lowest BCUT2D eigenvalue weighted by atomic mass is 10.1. The summed E-state index contributed by atoms with van der Waals surface area (Å²) in [5, 5.41) is 0.470. The van der Waals surface area contributed by atoms with E-state index in [-0.39, 0.29) is 0 Å². The molecule has 0 rings (SSSR count). The SMILES string of the molecule is CC(C)CCC(C)[S]. The van der Waals surface area contributed by atoms with E-state index in [1.807, 2.05) is 0 Å². The molecule has 0 fully saturated rings. The molecule has 1 atom stereocenters. The van der Waals surface area contributed by atoms with Gasteiger partial charge in [-0.15, -0.1) is 0 Å². The molecule has 0 bridgehead atoms. The summed E-state index contributed by atoms with van der Waals surface area (Å²) in [6.07, 6.45) is 2.48. The average Bonchev–Trinajstić information content (AvgIpc) is 1.61. The summed E-state index contributed by atoms with van der Waals surface area (Å²) in [6, 6.07) is 0. The second-order valence-corrected chi connectivity index (χ2v) is 3.59. The molecule has 1 radical (unpaired) electrons. The number of hydrogen-bond donors (Lipinski definition) is 0. The highest BCUT2D eigenvalue weighted by atomic mass is 32.1. The van der Waals surface area contributed by atoms with E-state index in [1.54, 1.807) is 0 Å². The first-order valence-electron chi connectivity index (χ1n) is 3.28. The quantitative estimate of drug-likeness (QED) is 0.552. The highest BCUT2D eigenvalue weighted by molar-refractivity contribution is 7.80. The zero-order chi connectivity index (χ0) is 6.57. The molecule has 0 aliphatic heterocycles. The second-order valence-electron chi connectivity index (χ2n) is 2.78. The molecule has 0 heterocycles. The first kappa shape index (κ1) is 8.35. The molecular formula is C7H15S. The van der Waals surface area contributed by atoms with Crippen molar-refractivity contribution < 1.29 is 0 Å². The van der Waals surface area contributed by atoms with E-state index in [1.165, 1.54) is 12.8 Å². The Balaban J connectivity index is 2.93. The van der Waals surface area contributed by atoms with Gasteiger partial charge < -0.3 is 0 Å². The molecule has 0 amide bonds. The smallest absolute Gasteiger partial charge is 0.0123 e. The molecule has 0 nitrogen and oxygen atoms in total. The van der Waals surface area contributed by atoms with E-state index in [0.29, 0.717) is 5.25 Å². The Kier molecular flexibility index (Phi) is 4.44. The van der Waals surface area contributed by atoms with Crippen molar-refractivity contribution in [1.29, 1.82) is 0 Å². The molecule has 0 saturated heterocycles. The molecule has 1 heteroatoms. The van der Waals surface area contributed by atoms with Gasteiger partial charge in [0, 0.05) is 5.25 Å². The van der Waals surface area contributed by atoms with Gasteiger partial charge in [0.1, 0.15) is 0 Å². The molecule has 0 saturated carbocycles. The highest BCUT2D eigenvalue weighted by Gasteiger charge is 1.97. The maximum Gasteiger partial charge on any atom is 0.0123 e. The molecule has 0 N–H and O–H groups in total. The fourth-order valence-electron chi connectivity index (χ4n) is 0.568. The summed E-state index contributed by atoms with van der Waals surface area (Å²) in [6.45, 7) is 6.56. The number of hydrogen-bond acceptors (Lipinski definition) is 0. The minimum Gasteiger partial charge on any atom is -0.0907 e. The van der Waals surface area contributed by atoms with E-state index >= 15 is 0 Å². The van der Waals surface area contributed by atoms with Crippen molar-refractivity contribution in [1.82, 2.24) is 0 Å². The first-order chi connectivity index (χ1) is 3.63. The normalized spacial score (nSPS) is 14.6. The first-order valence-corrected chi connectivity index (χ1v) is 3.76. The van der Waals surface area contributed by atoms with E-state index in [9.17, 15) is 0 Å². The van der Waals surface area contributed by atoms with Crippen LogP contribution in [-0.2, 0) is 0 Å². The fourth-order valence-corrected chi connectivity index (χ4v) is 0.704. The summed E-state index contributed by atoms with van der Waals surface area (Å²) in [7, 11) is 0. The van der Waals surface area contributed by atoms with Gasteiger partial charge in [0.25, 0.3) is 0 Å². The maximum absolute atomic E-state index is 5.00. The van der Waals surface area contributed by atoms with Gasteiger partial charge >= 0.3 is 0 Å². The third-order valence-corrected chi connectivity index (χ3v) is 1.39. The van der Waals surface area contributed by atoms with Crippen molar-refractivity contribution >= 4 is 12.6 Å². The largest absolute Gasteiger partial charge is 0.0907 e. The Morgan fingerprint density at radius 2 is 1.62 bits per heavy atom. The molecule has 1 unspecified atom stereocenters. The Morgan fingerprint density at radius 3 is 1.75 bits per heavy atom. The van der Waals surface area contributed by atoms with Crippen LogP contribution in [0.3, 0.4) is 0 Å². The maximum atomic E-state index is 5.00. The van der Waals surface area contributed by atoms with Gasteiger partial charge in [0.05, 0.1) is 0 Å². The van der Waals surface area contributed by atoms with Crippen LogP contribution in [0.2, 0.25) is 0 Å². The Bertz CT molecular complexity index is 40.3. The molecule has 49 valence electrons. The van der Waals surface area contributed by atoms with Crippen LogP contribution >= 0.6 is 12.6 Å². The van der Waals surface area contributed by atoms with Crippen molar-refractivity contribution in [2.45, 2.75) is 38.9 Å². The molecule has 0 aromatic heterocycles. The highest BCUT2D eigenvalue weighted by Crippen LogP contribution is 2.09. The van der Waals surface area contributed by atoms with Crippen molar-refractivity contribution in [2.75, 3.05) is 0 Å². The minimum atomic E-state index is 0.470. The van der Waals surface area contributed by atoms with Crippen LogP contribution in [0.25, 0.3) is 0 Å². The fraction of sp³-hybridized carbons (Fsp3) is 1.00. The van der Waals surface area contributed by atoms with Crippen molar-refractivity contribution in [3.05, 3.63) is 0 Å². The summed E-state index contributed by atoms with van der Waals surface area (Å²) < 4.78 is 0. The summed E-state index contributed by atoms with van der Waals surface area (Å²) in [5.41, 5.74) is 0. The molecule has 0 spiro atoms. The van der Waals surface area contributed by atoms with Gasteiger partial charge in [0.15, 0.2) is 0 Å². The van der Waals surface area contributed by atoms with Crippen molar-refractivity contribution in [3.8, 4) is 0 Å². The lowest BCUT2D eigenvalue weighted by Crippen LogP contribution is -1.94. The van der Waals surface area contributed by atoms with Gasteiger partial charge in [0.2, 0.25) is 0 Å². The lowest BCUT2D eigenvalue weighted by molar-refractivity contribution is 0.556. The third-order valence-electron chi connectivity index (χ3n) is 1.15. The number of rotatable bonds is 3. The van der Waals surface area contributed by atoms with Crippen LogP contribution < -0.4 is 0 Å². The molecule has 8 heavy (non-hydrogen) atoms. The van der Waals surface area contributed by atoms with Crippen LogP contribution in [0.4, 0.5) is 0 Å². The Morgan fingerprint density at radius 1 is 1.12 bits per heavy atom. The van der Waals surface area contributed by atoms with Crippen LogP contribution in [-0.4, -0.2) is 5.25 Å². The molecule has 0 aromatic rings. The predicted octanol–water partition coefficient (Wildman–Crippen LogP) is 3.01. The Labute approximate surface area is 58.1 Å². The molecule has 0 aromatic carbocycles. The molecule has 0 aliphatic rings.